The molecule has 7 nitrogen and oxygen atoms in total. The molecule has 0 radical (unpaired) electrons. The minimum atomic E-state index is -0.212. The van der Waals surface area contributed by atoms with Crippen molar-refractivity contribution >= 4 is 16.9 Å². The summed E-state index contributed by atoms with van der Waals surface area (Å²) in [6, 6.07) is 12.5. The number of carbonyl (C=O) groups is 1. The second kappa shape index (κ2) is 9.23. The lowest BCUT2D eigenvalue weighted by Crippen LogP contribution is -2.28. The topological polar surface area (TPSA) is 82.5 Å². The number of ether oxygens (including phenoxy) is 2. The third-order valence-electron chi connectivity index (χ3n) is 4.48. The Kier molecular flexibility index (Phi) is 6.49. The van der Waals surface area contributed by atoms with Crippen LogP contribution in [0.4, 0.5) is 0 Å². The van der Waals surface area contributed by atoms with Gasteiger partial charge >= 0.3 is 0 Å². The number of fused-ring (bicyclic) bond motifs is 1. The molecule has 152 valence electrons. The van der Waals surface area contributed by atoms with Crippen molar-refractivity contribution in [2.75, 3.05) is 19.8 Å². The molecule has 7 heteroatoms. The molecule has 0 saturated carbocycles. The van der Waals surface area contributed by atoms with Crippen molar-refractivity contribution in [2.24, 2.45) is 0 Å². The number of aromatic nitrogens is 2. The second-order valence-corrected chi connectivity index (χ2v) is 6.46. The van der Waals surface area contributed by atoms with Crippen LogP contribution in [0.5, 0.6) is 11.5 Å². The normalized spacial score (nSPS) is 10.7. The predicted molar refractivity (Wildman–Crippen MR) is 112 cm³/mol. The van der Waals surface area contributed by atoms with Crippen LogP contribution in [0.2, 0.25) is 0 Å². The quantitative estimate of drug-likeness (QED) is 0.593. The number of nitrogens with zero attached hydrogens (tertiary/aromatic N) is 2. The van der Waals surface area contributed by atoms with Gasteiger partial charge in [0, 0.05) is 12.1 Å². The first-order valence-corrected chi connectivity index (χ1v) is 9.68. The molecule has 2 aromatic carbocycles. The summed E-state index contributed by atoms with van der Waals surface area (Å²) >= 11 is 0. The van der Waals surface area contributed by atoms with Crippen LogP contribution in [0.1, 0.15) is 29.9 Å². The van der Waals surface area contributed by atoms with Crippen LogP contribution in [0.15, 0.2) is 47.3 Å². The molecule has 1 heterocycles. The van der Waals surface area contributed by atoms with E-state index in [1.165, 1.54) is 0 Å². The van der Waals surface area contributed by atoms with E-state index in [1.54, 1.807) is 29.7 Å². The van der Waals surface area contributed by atoms with Gasteiger partial charge in [-0.1, -0.05) is 0 Å². The van der Waals surface area contributed by atoms with Gasteiger partial charge in [-0.15, -0.1) is 0 Å². The number of rotatable bonds is 8. The number of nitrogens with one attached hydrogen (secondary N) is 1. The minimum Gasteiger partial charge on any atom is -0.494 e. The fraction of sp³-hybridized carbons (Fsp3) is 0.318. The maximum Gasteiger partial charge on any atom is 0.272 e. The molecule has 0 fully saturated rings. The van der Waals surface area contributed by atoms with E-state index in [0.29, 0.717) is 48.8 Å². The highest BCUT2D eigenvalue weighted by molar-refractivity contribution is 5.97. The number of hydrogen-bond acceptors (Lipinski definition) is 5. The van der Waals surface area contributed by atoms with Crippen LogP contribution < -0.4 is 20.3 Å². The highest BCUT2D eigenvalue weighted by atomic mass is 16.5. The molecule has 0 aliphatic carbocycles. The Hall–Kier alpha value is -3.35. The van der Waals surface area contributed by atoms with Crippen molar-refractivity contribution in [3.63, 3.8) is 0 Å². The molecule has 3 aromatic rings. The fourth-order valence-corrected chi connectivity index (χ4v) is 3.06. The first-order valence-electron chi connectivity index (χ1n) is 9.68. The summed E-state index contributed by atoms with van der Waals surface area (Å²) in [4.78, 5) is 29.0. The summed E-state index contributed by atoms with van der Waals surface area (Å²) in [5.74, 6) is 1.29. The van der Waals surface area contributed by atoms with Gasteiger partial charge in [0.15, 0.2) is 0 Å². The van der Waals surface area contributed by atoms with E-state index in [4.69, 9.17) is 9.47 Å². The van der Waals surface area contributed by atoms with Gasteiger partial charge in [-0.05, 0) is 63.2 Å². The molecule has 3 rings (SSSR count). The molecule has 0 atom stereocenters. The summed E-state index contributed by atoms with van der Waals surface area (Å²) < 4.78 is 12.7. The lowest BCUT2D eigenvalue weighted by atomic mass is 10.1. The highest BCUT2D eigenvalue weighted by Gasteiger charge is 2.11. The van der Waals surface area contributed by atoms with Crippen molar-refractivity contribution in [2.45, 2.75) is 27.3 Å². The SMILES string of the molecule is CCOc1ccc(OCCNC(=O)c2ccc3c(c2)nc(C)c(=O)n3CC)cc1. The van der Waals surface area contributed by atoms with E-state index in [9.17, 15) is 9.59 Å². The van der Waals surface area contributed by atoms with Crippen LogP contribution >= 0.6 is 0 Å². The zero-order valence-electron chi connectivity index (χ0n) is 16.9. The molecule has 29 heavy (non-hydrogen) atoms. The number of carbonyl (C=O) groups excluding carboxylic acids is 1. The largest absolute Gasteiger partial charge is 0.494 e. The van der Waals surface area contributed by atoms with Gasteiger partial charge in [0.25, 0.3) is 11.5 Å². The van der Waals surface area contributed by atoms with Gasteiger partial charge in [0.1, 0.15) is 23.8 Å². The molecule has 0 unspecified atom stereocenters. The van der Waals surface area contributed by atoms with E-state index >= 15 is 0 Å². The van der Waals surface area contributed by atoms with Gasteiger partial charge in [0.05, 0.1) is 24.2 Å². The number of hydrogen-bond donors (Lipinski definition) is 1. The number of aryl methyl sites for hydroxylation is 2. The molecule has 0 aliphatic heterocycles. The Morgan fingerprint density at radius 2 is 1.76 bits per heavy atom. The van der Waals surface area contributed by atoms with Crippen LogP contribution in [0.25, 0.3) is 11.0 Å². The van der Waals surface area contributed by atoms with Gasteiger partial charge in [-0.2, -0.15) is 0 Å². The average Bonchev–Trinajstić information content (AvgIpc) is 2.73. The molecular formula is C22H25N3O4. The summed E-state index contributed by atoms with van der Waals surface area (Å²) in [7, 11) is 0. The van der Waals surface area contributed by atoms with E-state index < -0.39 is 0 Å². The maximum absolute atomic E-state index is 12.4. The lowest BCUT2D eigenvalue weighted by Gasteiger charge is -2.11. The molecule has 0 bridgehead atoms. The van der Waals surface area contributed by atoms with E-state index in [0.717, 1.165) is 11.3 Å². The van der Waals surface area contributed by atoms with Crippen molar-refractivity contribution in [3.05, 3.63) is 64.1 Å². The molecule has 1 amide bonds. The molecule has 1 N–H and O–H groups in total. The summed E-state index contributed by atoms with van der Waals surface area (Å²) in [5, 5.41) is 2.84. The molecule has 0 saturated heterocycles. The second-order valence-electron chi connectivity index (χ2n) is 6.46. The first kappa shape index (κ1) is 20.4. The Balaban J connectivity index is 1.60. The van der Waals surface area contributed by atoms with Gasteiger partial charge in [0.2, 0.25) is 0 Å². The first-order chi connectivity index (χ1) is 14.0. The van der Waals surface area contributed by atoms with Crippen LogP contribution in [-0.4, -0.2) is 35.2 Å². The average molecular weight is 395 g/mol. The van der Waals surface area contributed by atoms with Gasteiger partial charge in [-0.3, -0.25) is 9.59 Å². The van der Waals surface area contributed by atoms with E-state index in [-0.39, 0.29) is 11.5 Å². The predicted octanol–water partition coefficient (Wildman–Crippen LogP) is 2.93. The molecule has 1 aromatic heterocycles. The van der Waals surface area contributed by atoms with E-state index in [2.05, 4.69) is 10.3 Å². The monoisotopic (exact) mass is 395 g/mol. The molecule has 0 aliphatic rings. The number of benzene rings is 2. The zero-order chi connectivity index (χ0) is 20.8. The van der Waals surface area contributed by atoms with Crippen molar-refractivity contribution in [1.29, 1.82) is 0 Å². The Labute approximate surface area is 169 Å². The van der Waals surface area contributed by atoms with Crippen LogP contribution in [0.3, 0.4) is 0 Å². The Morgan fingerprint density at radius 1 is 1.07 bits per heavy atom. The molecule has 0 spiro atoms. The fourth-order valence-electron chi connectivity index (χ4n) is 3.06. The van der Waals surface area contributed by atoms with Crippen molar-refractivity contribution in [3.8, 4) is 11.5 Å². The summed E-state index contributed by atoms with van der Waals surface area (Å²) in [6.07, 6.45) is 0. The van der Waals surface area contributed by atoms with Crippen LogP contribution in [-0.2, 0) is 6.54 Å². The van der Waals surface area contributed by atoms with Gasteiger partial charge in [-0.25, -0.2) is 4.98 Å². The van der Waals surface area contributed by atoms with Crippen molar-refractivity contribution in [1.82, 2.24) is 14.9 Å². The molecular weight excluding hydrogens is 370 g/mol. The zero-order valence-corrected chi connectivity index (χ0v) is 16.9. The third-order valence-corrected chi connectivity index (χ3v) is 4.48. The highest BCUT2D eigenvalue weighted by Crippen LogP contribution is 2.17. The summed E-state index contributed by atoms with van der Waals surface area (Å²) in [5.41, 5.74) is 2.15. The lowest BCUT2D eigenvalue weighted by molar-refractivity contribution is 0.0947. The third kappa shape index (κ3) is 4.74. The van der Waals surface area contributed by atoms with Crippen LogP contribution in [0, 0.1) is 6.92 Å². The maximum atomic E-state index is 12.4. The Bertz CT molecular complexity index is 1060. The van der Waals surface area contributed by atoms with E-state index in [1.807, 2.05) is 38.1 Å². The minimum absolute atomic E-state index is 0.108. The van der Waals surface area contributed by atoms with Crippen molar-refractivity contribution < 1.29 is 14.3 Å². The van der Waals surface area contributed by atoms with Gasteiger partial charge < -0.3 is 19.4 Å². The smallest absolute Gasteiger partial charge is 0.272 e. The number of amides is 1. The summed E-state index contributed by atoms with van der Waals surface area (Å²) in [6.45, 7) is 7.40. The standard InChI is InChI=1S/C22H25N3O4/c1-4-25-20-11-6-16(14-19(20)24-15(3)22(25)27)21(26)23-12-13-29-18-9-7-17(8-10-18)28-5-2/h6-11,14H,4-5,12-13H2,1-3H3,(H,23,26). The Morgan fingerprint density at radius 3 is 2.41 bits per heavy atom.